The summed E-state index contributed by atoms with van der Waals surface area (Å²) >= 11 is 0. The van der Waals surface area contributed by atoms with Crippen molar-refractivity contribution in [2.24, 2.45) is 0 Å². The molecule has 3 N–H and O–H groups in total. The molecule has 1 aliphatic carbocycles. The predicted molar refractivity (Wildman–Crippen MR) is 71.0 cm³/mol. The smallest absolute Gasteiger partial charge is 0.251 e. The second-order valence-corrected chi connectivity index (χ2v) is 4.66. The van der Waals surface area contributed by atoms with Gasteiger partial charge in [-0.05, 0) is 43.5 Å². The van der Waals surface area contributed by atoms with Crippen LogP contribution in [0.1, 0.15) is 40.0 Å². The molecule has 1 aliphatic rings. The third-order valence-electron chi connectivity index (χ3n) is 2.94. The van der Waals surface area contributed by atoms with E-state index in [1.54, 1.807) is 24.3 Å². The van der Waals surface area contributed by atoms with Gasteiger partial charge in [0.25, 0.3) is 11.8 Å². The first-order chi connectivity index (χ1) is 9.20. The molecule has 0 unspecified atom stereocenters. The largest absolute Gasteiger partial charge is 0.396 e. The molecule has 5 heteroatoms. The van der Waals surface area contributed by atoms with Gasteiger partial charge in [0.15, 0.2) is 0 Å². The van der Waals surface area contributed by atoms with E-state index in [2.05, 4.69) is 10.6 Å². The number of aliphatic hydroxyl groups is 1. The van der Waals surface area contributed by atoms with Crippen LogP contribution in [0.15, 0.2) is 24.3 Å². The summed E-state index contributed by atoms with van der Waals surface area (Å²) in [7, 11) is 0. The summed E-state index contributed by atoms with van der Waals surface area (Å²) in [4.78, 5) is 23.4. The highest BCUT2D eigenvalue weighted by atomic mass is 16.3. The molecule has 2 rings (SSSR count). The second kappa shape index (κ2) is 6.33. The molecule has 0 radical (unpaired) electrons. The summed E-state index contributed by atoms with van der Waals surface area (Å²) in [6.45, 7) is 0.500. The first-order valence-corrected chi connectivity index (χ1v) is 6.50. The minimum atomic E-state index is -0.192. The average Bonchev–Trinajstić information content (AvgIpc) is 3.23. The molecule has 0 spiro atoms. The van der Waals surface area contributed by atoms with Crippen LogP contribution >= 0.6 is 0 Å². The van der Waals surface area contributed by atoms with Crippen LogP contribution in [0.3, 0.4) is 0 Å². The lowest BCUT2D eigenvalue weighted by molar-refractivity contribution is 0.0939. The van der Waals surface area contributed by atoms with Crippen LogP contribution in [-0.4, -0.2) is 36.1 Å². The van der Waals surface area contributed by atoms with Gasteiger partial charge in [0, 0.05) is 30.3 Å². The van der Waals surface area contributed by atoms with E-state index in [4.69, 9.17) is 5.11 Å². The van der Waals surface area contributed by atoms with Gasteiger partial charge in [-0.15, -0.1) is 0 Å². The van der Waals surface area contributed by atoms with E-state index in [1.807, 2.05) is 0 Å². The highest BCUT2D eigenvalue weighted by molar-refractivity contribution is 5.97. The maximum Gasteiger partial charge on any atom is 0.251 e. The van der Waals surface area contributed by atoms with Crippen molar-refractivity contribution in [2.75, 3.05) is 13.2 Å². The number of rotatable bonds is 6. The topological polar surface area (TPSA) is 78.4 Å². The number of carbonyl (C=O) groups excluding carboxylic acids is 2. The van der Waals surface area contributed by atoms with Crippen LogP contribution < -0.4 is 10.6 Å². The Bertz CT molecular complexity index is 452. The lowest BCUT2D eigenvalue weighted by atomic mass is 10.1. The highest BCUT2D eigenvalue weighted by Gasteiger charge is 2.23. The third-order valence-corrected chi connectivity index (χ3v) is 2.94. The van der Waals surface area contributed by atoms with Gasteiger partial charge < -0.3 is 15.7 Å². The molecule has 0 saturated heterocycles. The number of aliphatic hydroxyl groups excluding tert-OH is 1. The molecule has 0 aromatic heterocycles. The summed E-state index contributed by atoms with van der Waals surface area (Å²) < 4.78 is 0. The Morgan fingerprint density at radius 2 is 1.68 bits per heavy atom. The van der Waals surface area contributed by atoms with Gasteiger partial charge in [-0.1, -0.05) is 0 Å². The zero-order chi connectivity index (χ0) is 13.7. The Labute approximate surface area is 112 Å². The lowest BCUT2D eigenvalue weighted by Gasteiger charge is -2.06. The van der Waals surface area contributed by atoms with E-state index in [-0.39, 0.29) is 18.4 Å². The van der Waals surface area contributed by atoms with Gasteiger partial charge in [-0.3, -0.25) is 9.59 Å². The fourth-order valence-corrected chi connectivity index (χ4v) is 1.65. The molecule has 2 amide bonds. The van der Waals surface area contributed by atoms with Crippen LogP contribution in [0.2, 0.25) is 0 Å². The maximum atomic E-state index is 11.7. The third kappa shape index (κ3) is 4.06. The van der Waals surface area contributed by atoms with Crippen LogP contribution in [0, 0.1) is 0 Å². The molecule has 0 heterocycles. The number of benzene rings is 1. The van der Waals surface area contributed by atoms with Crippen molar-refractivity contribution >= 4 is 11.8 Å². The average molecular weight is 262 g/mol. The SMILES string of the molecule is O=C(NCCCO)c1ccc(C(=O)NC2CC2)cc1. The number of amides is 2. The zero-order valence-electron chi connectivity index (χ0n) is 10.7. The van der Waals surface area contributed by atoms with Crippen molar-refractivity contribution in [1.29, 1.82) is 0 Å². The molecule has 19 heavy (non-hydrogen) atoms. The van der Waals surface area contributed by atoms with Crippen molar-refractivity contribution < 1.29 is 14.7 Å². The maximum absolute atomic E-state index is 11.7. The normalized spacial score (nSPS) is 13.9. The Hall–Kier alpha value is -1.88. The van der Waals surface area contributed by atoms with Crippen molar-refractivity contribution in [3.05, 3.63) is 35.4 Å². The molecule has 0 bridgehead atoms. The molecule has 0 atom stereocenters. The van der Waals surface area contributed by atoms with Crippen molar-refractivity contribution in [2.45, 2.75) is 25.3 Å². The van der Waals surface area contributed by atoms with Gasteiger partial charge in [0.05, 0.1) is 0 Å². The quantitative estimate of drug-likeness (QED) is 0.660. The van der Waals surface area contributed by atoms with Crippen molar-refractivity contribution in [3.63, 3.8) is 0 Å². The molecule has 1 aromatic rings. The molecule has 1 saturated carbocycles. The van der Waals surface area contributed by atoms with Crippen LogP contribution in [0.4, 0.5) is 0 Å². The summed E-state index contributed by atoms with van der Waals surface area (Å²) in [5, 5.41) is 14.2. The number of hydrogen-bond donors (Lipinski definition) is 3. The van der Waals surface area contributed by atoms with E-state index in [0.29, 0.717) is 30.1 Å². The van der Waals surface area contributed by atoms with Crippen molar-refractivity contribution in [1.82, 2.24) is 10.6 Å². The molecule has 102 valence electrons. The summed E-state index contributed by atoms with van der Waals surface area (Å²) in [5.41, 5.74) is 1.08. The molecule has 0 aliphatic heterocycles. The van der Waals surface area contributed by atoms with E-state index in [1.165, 1.54) is 0 Å². The van der Waals surface area contributed by atoms with Gasteiger partial charge >= 0.3 is 0 Å². The summed E-state index contributed by atoms with van der Waals surface area (Å²) in [6.07, 6.45) is 2.64. The summed E-state index contributed by atoms with van der Waals surface area (Å²) in [6, 6.07) is 6.90. The minimum absolute atomic E-state index is 0.0561. The van der Waals surface area contributed by atoms with Gasteiger partial charge in [-0.25, -0.2) is 0 Å². The Morgan fingerprint density at radius 1 is 1.11 bits per heavy atom. The minimum Gasteiger partial charge on any atom is -0.396 e. The fourth-order valence-electron chi connectivity index (χ4n) is 1.65. The standard InChI is InChI=1S/C14H18N2O3/c17-9-1-8-15-13(18)10-2-4-11(5-3-10)14(19)16-12-6-7-12/h2-5,12,17H,1,6-9H2,(H,15,18)(H,16,19). The van der Waals surface area contributed by atoms with Crippen LogP contribution in [-0.2, 0) is 0 Å². The van der Waals surface area contributed by atoms with Crippen molar-refractivity contribution in [3.8, 4) is 0 Å². The number of carbonyl (C=O) groups is 2. The zero-order valence-corrected chi connectivity index (χ0v) is 10.7. The highest BCUT2D eigenvalue weighted by Crippen LogP contribution is 2.19. The van der Waals surface area contributed by atoms with Crippen LogP contribution in [0.25, 0.3) is 0 Å². The fraction of sp³-hybridized carbons (Fsp3) is 0.429. The Morgan fingerprint density at radius 3 is 2.21 bits per heavy atom. The van der Waals surface area contributed by atoms with E-state index >= 15 is 0 Å². The molecular weight excluding hydrogens is 244 g/mol. The van der Waals surface area contributed by atoms with E-state index in [9.17, 15) is 9.59 Å². The molecule has 1 fully saturated rings. The summed E-state index contributed by atoms with van der Waals surface area (Å²) in [5.74, 6) is -0.280. The number of hydrogen-bond acceptors (Lipinski definition) is 3. The van der Waals surface area contributed by atoms with E-state index in [0.717, 1.165) is 12.8 Å². The number of nitrogens with one attached hydrogen (secondary N) is 2. The first kappa shape index (κ1) is 13.5. The monoisotopic (exact) mass is 262 g/mol. The van der Waals surface area contributed by atoms with Gasteiger partial charge in [0.2, 0.25) is 0 Å². The lowest BCUT2D eigenvalue weighted by Crippen LogP contribution is -2.26. The van der Waals surface area contributed by atoms with Gasteiger partial charge in [-0.2, -0.15) is 0 Å². The Kier molecular flexibility index (Phi) is 4.52. The van der Waals surface area contributed by atoms with Crippen LogP contribution in [0.5, 0.6) is 0 Å². The molecular formula is C14H18N2O3. The first-order valence-electron chi connectivity index (χ1n) is 6.50. The predicted octanol–water partition coefficient (Wildman–Crippen LogP) is 0.691. The van der Waals surface area contributed by atoms with Gasteiger partial charge in [0.1, 0.15) is 0 Å². The second-order valence-electron chi connectivity index (χ2n) is 4.66. The Balaban J connectivity index is 1.89. The van der Waals surface area contributed by atoms with E-state index < -0.39 is 0 Å². The molecule has 1 aromatic carbocycles. The molecule has 5 nitrogen and oxygen atoms in total.